The largest absolute Gasteiger partial charge is 0.493 e. The number of esters is 2. The predicted molar refractivity (Wildman–Crippen MR) is 103 cm³/mol. The molecule has 28 heavy (non-hydrogen) atoms. The van der Waals surface area contributed by atoms with Crippen molar-refractivity contribution < 1.29 is 23.8 Å². The summed E-state index contributed by atoms with van der Waals surface area (Å²) < 4.78 is 15.9. The van der Waals surface area contributed by atoms with Gasteiger partial charge in [-0.1, -0.05) is 23.7 Å². The van der Waals surface area contributed by atoms with Crippen molar-refractivity contribution in [3.05, 3.63) is 64.3 Å². The molecular weight excluding hydrogens is 382 g/mol. The van der Waals surface area contributed by atoms with Gasteiger partial charge in [0.1, 0.15) is 0 Å². The number of carbonyl (C=O) groups is 2. The molecule has 0 unspecified atom stereocenters. The molecule has 142 valence electrons. The van der Waals surface area contributed by atoms with E-state index in [9.17, 15) is 9.59 Å². The first-order chi connectivity index (χ1) is 13.5. The normalized spacial score (nSPS) is 17.3. The molecule has 1 aliphatic carbocycles. The van der Waals surface area contributed by atoms with E-state index in [0.717, 1.165) is 12.8 Å². The van der Waals surface area contributed by atoms with Gasteiger partial charge in [0.05, 0.1) is 13.0 Å². The standard InChI is InChI=1S/C21H16ClNO5/c1-26-18-10-12(5-8-17(18)27-20(24)13-6-7-13)9-16-21(25)28-19(23-16)14-3-2-4-15(22)11-14/h2-5,8-11,13H,6-7H2,1H3/b16-9-. The fourth-order valence-corrected chi connectivity index (χ4v) is 2.87. The van der Waals surface area contributed by atoms with E-state index in [1.165, 1.54) is 7.11 Å². The predicted octanol–water partition coefficient (Wildman–Crippen LogP) is 4.01. The summed E-state index contributed by atoms with van der Waals surface area (Å²) in [5.74, 6) is 0.116. The average molecular weight is 398 g/mol. The lowest BCUT2D eigenvalue weighted by molar-refractivity contribution is -0.136. The number of methoxy groups -OCH3 is 1. The van der Waals surface area contributed by atoms with Gasteiger partial charge in [-0.15, -0.1) is 0 Å². The molecule has 1 aliphatic heterocycles. The number of benzene rings is 2. The van der Waals surface area contributed by atoms with Crippen LogP contribution in [0.15, 0.2) is 53.2 Å². The number of hydrogen-bond acceptors (Lipinski definition) is 6. The topological polar surface area (TPSA) is 74.2 Å². The van der Waals surface area contributed by atoms with Gasteiger partial charge in [0.2, 0.25) is 5.90 Å². The summed E-state index contributed by atoms with van der Waals surface area (Å²) in [5, 5.41) is 0.523. The molecule has 0 spiro atoms. The number of carbonyl (C=O) groups excluding carboxylic acids is 2. The van der Waals surface area contributed by atoms with Crippen molar-refractivity contribution in [3.8, 4) is 11.5 Å². The SMILES string of the molecule is COc1cc(/C=C2\N=C(c3cccc(Cl)c3)OC2=O)ccc1OC(=O)C1CC1. The average Bonchev–Trinajstić information content (AvgIpc) is 3.47. The van der Waals surface area contributed by atoms with Gasteiger partial charge in [-0.3, -0.25) is 4.79 Å². The molecular formula is C21H16ClNO5. The van der Waals surface area contributed by atoms with Crippen molar-refractivity contribution in [2.75, 3.05) is 7.11 Å². The number of nitrogens with zero attached hydrogens (tertiary/aromatic N) is 1. The highest BCUT2D eigenvalue weighted by molar-refractivity contribution is 6.31. The molecule has 0 saturated heterocycles. The molecule has 0 amide bonds. The lowest BCUT2D eigenvalue weighted by atomic mass is 10.1. The van der Waals surface area contributed by atoms with E-state index in [4.69, 9.17) is 25.8 Å². The highest BCUT2D eigenvalue weighted by Crippen LogP contribution is 2.34. The van der Waals surface area contributed by atoms with Gasteiger partial charge in [-0.25, -0.2) is 9.79 Å². The molecule has 2 aromatic carbocycles. The first kappa shape index (κ1) is 18.3. The molecule has 0 N–H and O–H groups in total. The maximum atomic E-state index is 12.2. The maximum absolute atomic E-state index is 12.2. The molecule has 0 atom stereocenters. The second-order valence-corrected chi connectivity index (χ2v) is 6.89. The van der Waals surface area contributed by atoms with Crippen LogP contribution in [0.3, 0.4) is 0 Å². The summed E-state index contributed by atoms with van der Waals surface area (Å²) in [4.78, 5) is 28.3. The molecule has 4 rings (SSSR count). The van der Waals surface area contributed by atoms with E-state index in [0.29, 0.717) is 27.6 Å². The molecule has 1 heterocycles. The van der Waals surface area contributed by atoms with Gasteiger partial charge < -0.3 is 14.2 Å². The lowest BCUT2D eigenvalue weighted by Crippen LogP contribution is -2.10. The van der Waals surface area contributed by atoms with E-state index in [1.807, 2.05) is 0 Å². The van der Waals surface area contributed by atoms with Crippen LogP contribution in [-0.2, 0) is 14.3 Å². The van der Waals surface area contributed by atoms with Gasteiger partial charge in [-0.05, 0) is 54.8 Å². The van der Waals surface area contributed by atoms with E-state index in [-0.39, 0.29) is 23.5 Å². The minimum absolute atomic E-state index is 0.0148. The van der Waals surface area contributed by atoms with E-state index >= 15 is 0 Å². The second kappa shape index (κ2) is 7.48. The Labute approximate surface area is 166 Å². The smallest absolute Gasteiger partial charge is 0.363 e. The Kier molecular flexibility index (Phi) is 4.88. The highest BCUT2D eigenvalue weighted by Gasteiger charge is 2.32. The molecule has 1 saturated carbocycles. The quantitative estimate of drug-likeness (QED) is 0.433. The monoisotopic (exact) mass is 397 g/mol. The van der Waals surface area contributed by atoms with Crippen LogP contribution < -0.4 is 9.47 Å². The van der Waals surface area contributed by atoms with E-state index in [2.05, 4.69) is 4.99 Å². The Morgan fingerprint density at radius 1 is 1.21 bits per heavy atom. The molecule has 0 aromatic heterocycles. The minimum Gasteiger partial charge on any atom is -0.493 e. The fraction of sp³-hybridized carbons (Fsp3) is 0.190. The van der Waals surface area contributed by atoms with Crippen molar-refractivity contribution in [2.45, 2.75) is 12.8 Å². The van der Waals surface area contributed by atoms with Crippen molar-refractivity contribution in [1.82, 2.24) is 0 Å². The Bertz CT molecular complexity index is 1020. The third-order valence-electron chi connectivity index (χ3n) is 4.30. The van der Waals surface area contributed by atoms with Crippen molar-refractivity contribution in [1.29, 1.82) is 0 Å². The zero-order chi connectivity index (χ0) is 19.7. The van der Waals surface area contributed by atoms with Gasteiger partial charge in [0.15, 0.2) is 17.2 Å². The van der Waals surface area contributed by atoms with Crippen molar-refractivity contribution in [3.63, 3.8) is 0 Å². The van der Waals surface area contributed by atoms with Crippen LogP contribution in [0.1, 0.15) is 24.0 Å². The number of rotatable bonds is 5. The van der Waals surface area contributed by atoms with E-state index in [1.54, 1.807) is 48.5 Å². The molecule has 2 aromatic rings. The minimum atomic E-state index is -0.557. The lowest BCUT2D eigenvalue weighted by Gasteiger charge is -2.09. The third-order valence-corrected chi connectivity index (χ3v) is 4.54. The van der Waals surface area contributed by atoms with Gasteiger partial charge >= 0.3 is 11.9 Å². The van der Waals surface area contributed by atoms with Crippen molar-refractivity contribution in [2.24, 2.45) is 10.9 Å². The molecule has 6 nitrogen and oxygen atoms in total. The number of hydrogen-bond donors (Lipinski definition) is 0. The Hall–Kier alpha value is -3.12. The Morgan fingerprint density at radius 2 is 2.04 bits per heavy atom. The number of aliphatic imine (C=N–C) groups is 1. The maximum Gasteiger partial charge on any atom is 0.363 e. The number of cyclic esters (lactones) is 1. The zero-order valence-corrected chi connectivity index (χ0v) is 15.7. The first-order valence-corrected chi connectivity index (χ1v) is 9.09. The molecule has 7 heteroatoms. The van der Waals surface area contributed by atoms with Crippen LogP contribution in [0.5, 0.6) is 11.5 Å². The first-order valence-electron chi connectivity index (χ1n) is 8.72. The van der Waals surface area contributed by atoms with Gasteiger partial charge in [0.25, 0.3) is 0 Å². The molecule has 2 aliphatic rings. The van der Waals surface area contributed by atoms with Crippen LogP contribution in [0.25, 0.3) is 6.08 Å². The Morgan fingerprint density at radius 3 is 2.75 bits per heavy atom. The van der Waals surface area contributed by atoms with Crippen LogP contribution in [0.2, 0.25) is 5.02 Å². The van der Waals surface area contributed by atoms with Gasteiger partial charge in [-0.2, -0.15) is 0 Å². The van der Waals surface area contributed by atoms with Crippen LogP contribution in [-0.4, -0.2) is 24.9 Å². The van der Waals surface area contributed by atoms with Crippen molar-refractivity contribution >= 4 is 35.5 Å². The summed E-state index contributed by atoms with van der Waals surface area (Å²) in [6.45, 7) is 0. The van der Waals surface area contributed by atoms with Gasteiger partial charge in [0, 0.05) is 10.6 Å². The summed E-state index contributed by atoms with van der Waals surface area (Å²) in [7, 11) is 1.49. The van der Waals surface area contributed by atoms with E-state index < -0.39 is 5.97 Å². The summed E-state index contributed by atoms with van der Waals surface area (Å²) in [5.41, 5.74) is 1.43. The molecule has 0 radical (unpaired) electrons. The second-order valence-electron chi connectivity index (χ2n) is 6.45. The fourth-order valence-electron chi connectivity index (χ4n) is 2.68. The third kappa shape index (κ3) is 3.92. The van der Waals surface area contributed by atoms with Crippen LogP contribution in [0, 0.1) is 5.92 Å². The Balaban J connectivity index is 1.59. The number of halogens is 1. The number of ether oxygens (including phenoxy) is 3. The molecule has 0 bridgehead atoms. The summed E-state index contributed by atoms with van der Waals surface area (Å²) in [6.07, 6.45) is 3.30. The summed E-state index contributed by atoms with van der Waals surface area (Å²) in [6, 6.07) is 11.9. The highest BCUT2D eigenvalue weighted by atomic mass is 35.5. The van der Waals surface area contributed by atoms with Crippen LogP contribution in [0.4, 0.5) is 0 Å². The summed E-state index contributed by atoms with van der Waals surface area (Å²) >= 11 is 5.97. The van der Waals surface area contributed by atoms with Crippen LogP contribution >= 0.6 is 11.6 Å². The zero-order valence-electron chi connectivity index (χ0n) is 15.0. The molecule has 1 fully saturated rings.